The second kappa shape index (κ2) is 6.93. The van der Waals surface area contributed by atoms with E-state index >= 15 is 0 Å². The number of nitrogens with one attached hydrogen (secondary N) is 1. The minimum Gasteiger partial charge on any atom is -0.347 e. The van der Waals surface area contributed by atoms with E-state index in [1.54, 1.807) is 11.3 Å². The molecule has 22 heavy (non-hydrogen) atoms. The maximum atomic E-state index is 12.2. The van der Waals surface area contributed by atoms with Crippen molar-refractivity contribution >= 4 is 38.8 Å². The van der Waals surface area contributed by atoms with Crippen LogP contribution in [0.3, 0.4) is 0 Å². The summed E-state index contributed by atoms with van der Waals surface area (Å²) >= 11 is 3.10. The van der Waals surface area contributed by atoms with Crippen molar-refractivity contribution < 1.29 is 13.2 Å². The minimum atomic E-state index is -2.88. The summed E-state index contributed by atoms with van der Waals surface area (Å²) in [6, 6.07) is 4.01. The van der Waals surface area contributed by atoms with Gasteiger partial charge in [-0.25, -0.2) is 8.42 Å². The van der Waals surface area contributed by atoms with Gasteiger partial charge >= 0.3 is 0 Å². The van der Waals surface area contributed by atoms with Crippen LogP contribution in [0, 0.1) is 5.41 Å². The first-order valence-corrected chi connectivity index (χ1v) is 11.1. The molecule has 0 radical (unpaired) electrons. The van der Waals surface area contributed by atoms with Gasteiger partial charge in [-0.3, -0.25) is 4.79 Å². The number of carbonyl (C=O) groups excluding carboxylic acids is 1. The van der Waals surface area contributed by atoms with E-state index < -0.39 is 9.84 Å². The molecule has 1 amide bonds. The fraction of sp³-hybridized carbons (Fsp3) is 0.667. The molecule has 0 bridgehead atoms. The molecule has 1 fully saturated rings. The van der Waals surface area contributed by atoms with Gasteiger partial charge in [0.2, 0.25) is 5.91 Å². The van der Waals surface area contributed by atoms with Crippen LogP contribution in [0.25, 0.3) is 0 Å². The number of hydrogen-bond acceptors (Lipinski definition) is 5. The molecule has 0 saturated carbocycles. The zero-order chi connectivity index (χ0) is 16.4. The van der Waals surface area contributed by atoms with E-state index in [1.165, 1.54) is 11.8 Å². The first-order valence-electron chi connectivity index (χ1n) is 7.32. The van der Waals surface area contributed by atoms with Crippen LogP contribution >= 0.6 is 23.1 Å². The third kappa shape index (κ3) is 4.99. The van der Waals surface area contributed by atoms with Crippen molar-refractivity contribution in [3.05, 3.63) is 22.4 Å². The fourth-order valence-electron chi connectivity index (χ4n) is 2.46. The van der Waals surface area contributed by atoms with E-state index in [2.05, 4.69) is 26.1 Å². The Kier molecular flexibility index (Phi) is 5.61. The topological polar surface area (TPSA) is 63.2 Å². The molecular weight excluding hydrogens is 338 g/mol. The summed E-state index contributed by atoms with van der Waals surface area (Å²) in [5.41, 5.74) is -0.0676. The highest BCUT2D eigenvalue weighted by atomic mass is 32.2. The molecule has 2 atom stereocenters. The Hall–Kier alpha value is -0.530. The van der Waals surface area contributed by atoms with Gasteiger partial charge in [0.15, 0.2) is 9.84 Å². The maximum Gasteiger partial charge on any atom is 0.230 e. The van der Waals surface area contributed by atoms with Gasteiger partial charge in [0, 0.05) is 10.1 Å². The molecule has 1 aromatic rings. The van der Waals surface area contributed by atoms with Crippen LogP contribution in [0.15, 0.2) is 17.5 Å². The number of amides is 1. The van der Waals surface area contributed by atoms with Gasteiger partial charge in [-0.15, -0.1) is 23.1 Å². The second-order valence-electron chi connectivity index (χ2n) is 6.72. The number of thioether (sulfide) groups is 1. The molecule has 124 valence electrons. The predicted molar refractivity (Wildman–Crippen MR) is 94.2 cm³/mol. The highest BCUT2D eigenvalue weighted by molar-refractivity contribution is 8.02. The Bertz CT molecular complexity index is 602. The van der Waals surface area contributed by atoms with Crippen LogP contribution in [0.5, 0.6) is 0 Å². The lowest BCUT2D eigenvalue weighted by atomic mass is 9.86. The Balaban J connectivity index is 1.89. The number of carbonyl (C=O) groups is 1. The van der Waals surface area contributed by atoms with Crippen molar-refractivity contribution in [1.29, 1.82) is 0 Å². The zero-order valence-corrected chi connectivity index (χ0v) is 15.6. The summed E-state index contributed by atoms with van der Waals surface area (Å²) in [6.07, 6.45) is 0.661. The monoisotopic (exact) mass is 361 g/mol. The van der Waals surface area contributed by atoms with Gasteiger partial charge in [-0.2, -0.15) is 0 Å². The van der Waals surface area contributed by atoms with Crippen molar-refractivity contribution in [3.63, 3.8) is 0 Å². The minimum absolute atomic E-state index is 0.0205. The lowest BCUT2D eigenvalue weighted by Crippen LogP contribution is -2.37. The Labute approximate surface area is 141 Å². The zero-order valence-electron chi connectivity index (χ0n) is 13.2. The van der Waals surface area contributed by atoms with Crippen molar-refractivity contribution in [1.82, 2.24) is 5.32 Å². The SMILES string of the molecule is CC(C)(C)[C@H](NC(=O)CS[C@H]1CCS(=O)(=O)C1)c1cccs1. The van der Waals surface area contributed by atoms with Gasteiger partial charge in [0.05, 0.1) is 23.3 Å². The van der Waals surface area contributed by atoms with Crippen LogP contribution < -0.4 is 5.32 Å². The smallest absolute Gasteiger partial charge is 0.230 e. The van der Waals surface area contributed by atoms with E-state index in [0.29, 0.717) is 12.2 Å². The highest BCUT2D eigenvalue weighted by Gasteiger charge is 2.31. The summed E-state index contributed by atoms with van der Waals surface area (Å²) in [7, 11) is -2.88. The molecule has 1 aliphatic rings. The number of sulfone groups is 1. The molecule has 2 heterocycles. The van der Waals surface area contributed by atoms with Crippen molar-refractivity contribution in [2.75, 3.05) is 17.3 Å². The summed E-state index contributed by atoms with van der Waals surface area (Å²) in [5, 5.41) is 5.18. The van der Waals surface area contributed by atoms with E-state index in [0.717, 1.165) is 4.88 Å². The molecule has 4 nitrogen and oxygen atoms in total. The first kappa shape index (κ1) is 17.8. The normalized spacial score (nSPS) is 22.4. The van der Waals surface area contributed by atoms with Gasteiger partial charge in [0.1, 0.15) is 0 Å². The quantitative estimate of drug-likeness (QED) is 0.876. The molecule has 0 aromatic carbocycles. The average Bonchev–Trinajstić information content (AvgIpc) is 3.01. The van der Waals surface area contributed by atoms with Crippen molar-refractivity contribution in [2.24, 2.45) is 5.41 Å². The molecule has 0 spiro atoms. The van der Waals surface area contributed by atoms with Crippen LogP contribution in [0.4, 0.5) is 0 Å². The van der Waals surface area contributed by atoms with Gasteiger partial charge in [0.25, 0.3) is 0 Å². The largest absolute Gasteiger partial charge is 0.347 e. The predicted octanol–water partition coefficient (Wildman–Crippen LogP) is 2.87. The Morgan fingerprint density at radius 3 is 2.73 bits per heavy atom. The van der Waals surface area contributed by atoms with Crippen LogP contribution in [-0.4, -0.2) is 36.8 Å². The fourth-order valence-corrected chi connectivity index (χ4v) is 6.93. The van der Waals surface area contributed by atoms with Crippen LogP contribution in [0.2, 0.25) is 0 Å². The molecule has 1 saturated heterocycles. The van der Waals surface area contributed by atoms with Crippen LogP contribution in [-0.2, 0) is 14.6 Å². The van der Waals surface area contributed by atoms with Crippen LogP contribution in [0.1, 0.15) is 38.1 Å². The number of hydrogen-bond donors (Lipinski definition) is 1. The lowest BCUT2D eigenvalue weighted by Gasteiger charge is -2.30. The van der Waals surface area contributed by atoms with Gasteiger partial charge in [-0.1, -0.05) is 26.8 Å². The molecule has 1 N–H and O–H groups in total. The van der Waals surface area contributed by atoms with E-state index in [4.69, 9.17) is 0 Å². The highest BCUT2D eigenvalue weighted by Crippen LogP contribution is 2.35. The molecule has 0 unspecified atom stereocenters. The molecule has 1 aliphatic heterocycles. The van der Waals surface area contributed by atoms with Crippen molar-refractivity contribution in [2.45, 2.75) is 38.5 Å². The third-order valence-corrected chi connectivity index (χ3v) is 7.86. The summed E-state index contributed by atoms with van der Waals surface area (Å²) in [6.45, 7) is 6.32. The van der Waals surface area contributed by atoms with E-state index in [1.807, 2.05) is 17.5 Å². The molecule has 0 aliphatic carbocycles. The third-order valence-electron chi connectivity index (χ3n) is 3.64. The first-order chi connectivity index (χ1) is 10.2. The molecule has 2 rings (SSSR count). The Morgan fingerprint density at radius 1 is 1.50 bits per heavy atom. The molecule has 7 heteroatoms. The van der Waals surface area contributed by atoms with E-state index in [9.17, 15) is 13.2 Å². The summed E-state index contributed by atoms with van der Waals surface area (Å²) < 4.78 is 22.9. The standard InChI is InChI=1S/C15H23NO3S3/c1-15(2,3)14(12-5-4-7-20-12)16-13(17)9-21-11-6-8-22(18,19)10-11/h4-5,7,11,14H,6,8-10H2,1-3H3,(H,16,17)/t11-,14+/m0/s1. The summed E-state index contributed by atoms with van der Waals surface area (Å²) in [4.78, 5) is 13.4. The summed E-state index contributed by atoms with van der Waals surface area (Å²) in [5.74, 6) is 0.755. The molecular formula is C15H23NO3S3. The second-order valence-corrected chi connectivity index (χ2v) is 11.2. The number of thiophene rings is 1. The van der Waals surface area contributed by atoms with Gasteiger partial charge < -0.3 is 5.32 Å². The molecule has 1 aromatic heterocycles. The Morgan fingerprint density at radius 2 is 2.23 bits per heavy atom. The lowest BCUT2D eigenvalue weighted by molar-refractivity contribution is -0.120. The maximum absolute atomic E-state index is 12.2. The average molecular weight is 362 g/mol. The number of rotatable bonds is 5. The van der Waals surface area contributed by atoms with Gasteiger partial charge in [-0.05, 0) is 23.3 Å². The van der Waals surface area contributed by atoms with Crippen molar-refractivity contribution in [3.8, 4) is 0 Å². The van der Waals surface area contributed by atoms with E-state index in [-0.39, 0.29) is 34.1 Å².